The molecule has 1 rings (SSSR count). The summed E-state index contributed by atoms with van der Waals surface area (Å²) in [5, 5.41) is 8.96. The van der Waals surface area contributed by atoms with E-state index in [1.807, 2.05) is 6.07 Å². The van der Waals surface area contributed by atoms with Crippen LogP contribution in [0.2, 0.25) is 0 Å². The quantitative estimate of drug-likeness (QED) is 0.579. The number of benzene rings is 1. The molecule has 1 aromatic rings. The van der Waals surface area contributed by atoms with E-state index in [2.05, 4.69) is 0 Å². The molecule has 0 atom stereocenters. The first kappa shape index (κ1) is 10.5. The van der Waals surface area contributed by atoms with Crippen molar-refractivity contribution in [2.24, 2.45) is 0 Å². The molecule has 0 bridgehead atoms. The van der Waals surface area contributed by atoms with Crippen LogP contribution in [0.25, 0.3) is 6.08 Å². The molecule has 0 saturated heterocycles. The van der Waals surface area contributed by atoms with Gasteiger partial charge in [-0.1, -0.05) is 18.2 Å². The van der Waals surface area contributed by atoms with E-state index < -0.39 is 0 Å². The molecule has 0 unspecified atom stereocenters. The number of ether oxygens (including phenoxy) is 1. The van der Waals surface area contributed by atoms with Crippen molar-refractivity contribution < 1.29 is 14.6 Å². The van der Waals surface area contributed by atoms with Crippen molar-refractivity contribution in [2.45, 2.75) is 6.61 Å². The van der Waals surface area contributed by atoms with Crippen LogP contribution in [0.4, 0.5) is 0 Å². The van der Waals surface area contributed by atoms with E-state index in [0.717, 1.165) is 11.1 Å². The maximum absolute atomic E-state index is 10.1. The third kappa shape index (κ3) is 2.44. The first-order valence-electron chi connectivity index (χ1n) is 4.21. The Hall–Kier alpha value is -1.61. The minimum absolute atomic E-state index is 0.0547. The van der Waals surface area contributed by atoms with Crippen LogP contribution in [0, 0.1) is 0 Å². The van der Waals surface area contributed by atoms with E-state index in [9.17, 15) is 4.79 Å². The highest BCUT2D eigenvalue weighted by atomic mass is 16.5. The monoisotopic (exact) mass is 192 g/mol. The fourth-order valence-corrected chi connectivity index (χ4v) is 1.15. The molecule has 0 aliphatic carbocycles. The summed E-state index contributed by atoms with van der Waals surface area (Å²) in [5.41, 5.74) is 1.60. The van der Waals surface area contributed by atoms with E-state index in [-0.39, 0.29) is 6.61 Å². The molecule has 0 aromatic heterocycles. The fraction of sp³-hybridized carbons (Fsp3) is 0.182. The van der Waals surface area contributed by atoms with Crippen LogP contribution in [-0.4, -0.2) is 18.5 Å². The number of methoxy groups -OCH3 is 1. The van der Waals surface area contributed by atoms with Crippen LogP contribution in [0.1, 0.15) is 11.1 Å². The highest BCUT2D eigenvalue weighted by Gasteiger charge is 2.01. The molecule has 0 aliphatic heterocycles. The Bertz CT molecular complexity index is 342. The first-order chi connectivity index (χ1) is 6.81. The topological polar surface area (TPSA) is 46.5 Å². The predicted octanol–water partition coefficient (Wildman–Crippen LogP) is 1.40. The van der Waals surface area contributed by atoms with Crippen molar-refractivity contribution in [3.05, 3.63) is 35.4 Å². The highest BCUT2D eigenvalue weighted by molar-refractivity contribution is 5.74. The summed E-state index contributed by atoms with van der Waals surface area (Å²) < 4.78 is 5.07. The minimum Gasteiger partial charge on any atom is -0.496 e. The third-order valence-corrected chi connectivity index (χ3v) is 1.85. The lowest BCUT2D eigenvalue weighted by Crippen LogP contribution is -1.91. The zero-order valence-electron chi connectivity index (χ0n) is 7.93. The number of hydrogen-bond acceptors (Lipinski definition) is 3. The van der Waals surface area contributed by atoms with Gasteiger partial charge < -0.3 is 9.84 Å². The summed E-state index contributed by atoms with van der Waals surface area (Å²) in [6.07, 6.45) is 3.80. The van der Waals surface area contributed by atoms with Crippen molar-refractivity contribution in [2.75, 3.05) is 7.11 Å². The maximum atomic E-state index is 10.1. The first-order valence-corrected chi connectivity index (χ1v) is 4.21. The molecule has 3 nitrogen and oxygen atoms in total. The zero-order chi connectivity index (χ0) is 10.4. The van der Waals surface area contributed by atoms with Gasteiger partial charge in [0, 0.05) is 5.56 Å². The van der Waals surface area contributed by atoms with Crippen LogP contribution in [0.3, 0.4) is 0 Å². The summed E-state index contributed by atoms with van der Waals surface area (Å²) >= 11 is 0. The van der Waals surface area contributed by atoms with Crippen molar-refractivity contribution in [1.29, 1.82) is 0 Å². The highest BCUT2D eigenvalue weighted by Crippen LogP contribution is 2.20. The second kappa shape index (κ2) is 5.19. The van der Waals surface area contributed by atoms with Gasteiger partial charge in [-0.05, 0) is 17.7 Å². The third-order valence-electron chi connectivity index (χ3n) is 1.85. The maximum Gasteiger partial charge on any atom is 0.142 e. The molecule has 0 aliphatic rings. The summed E-state index contributed by atoms with van der Waals surface area (Å²) in [6, 6.07) is 5.35. The van der Waals surface area contributed by atoms with Crippen LogP contribution < -0.4 is 4.74 Å². The number of allylic oxidation sites excluding steroid dienone is 1. The van der Waals surface area contributed by atoms with Gasteiger partial charge in [0.05, 0.1) is 13.7 Å². The van der Waals surface area contributed by atoms with Gasteiger partial charge in [0.1, 0.15) is 12.0 Å². The summed E-state index contributed by atoms with van der Waals surface area (Å²) in [6.45, 7) is -0.0547. The number of carbonyl (C=O) groups excluding carboxylic acids is 1. The summed E-state index contributed by atoms with van der Waals surface area (Å²) in [4.78, 5) is 10.1. The standard InChI is InChI=1S/C11H12O3/c1-14-11-7-9(3-2-6-12)4-5-10(11)8-13/h2-7,13H,8H2,1H3. The van der Waals surface area contributed by atoms with Crippen LogP contribution >= 0.6 is 0 Å². The molecule has 1 aromatic carbocycles. The summed E-state index contributed by atoms with van der Waals surface area (Å²) in [5.74, 6) is 0.626. The Balaban J connectivity index is 3.00. The van der Waals surface area contributed by atoms with Gasteiger partial charge >= 0.3 is 0 Å². The average molecular weight is 192 g/mol. The van der Waals surface area contributed by atoms with E-state index in [1.54, 1.807) is 25.3 Å². The number of carbonyl (C=O) groups is 1. The largest absolute Gasteiger partial charge is 0.496 e. The van der Waals surface area contributed by atoms with Crippen LogP contribution in [0.15, 0.2) is 24.3 Å². The van der Waals surface area contributed by atoms with Crippen molar-refractivity contribution >= 4 is 12.4 Å². The van der Waals surface area contributed by atoms with Crippen LogP contribution in [0.5, 0.6) is 5.75 Å². The molecule has 0 heterocycles. The van der Waals surface area contributed by atoms with Gasteiger partial charge in [-0.25, -0.2) is 0 Å². The van der Waals surface area contributed by atoms with Gasteiger partial charge in [-0.15, -0.1) is 0 Å². The summed E-state index contributed by atoms with van der Waals surface area (Å²) in [7, 11) is 1.54. The normalized spacial score (nSPS) is 10.4. The molecule has 0 saturated carbocycles. The predicted molar refractivity (Wildman–Crippen MR) is 54.0 cm³/mol. The number of aliphatic hydroxyl groups excluding tert-OH is 1. The Morgan fingerprint density at radius 1 is 1.50 bits per heavy atom. The van der Waals surface area contributed by atoms with Gasteiger partial charge in [-0.2, -0.15) is 0 Å². The molecule has 0 fully saturated rings. The Morgan fingerprint density at radius 3 is 2.86 bits per heavy atom. The minimum atomic E-state index is -0.0547. The van der Waals surface area contributed by atoms with Gasteiger partial charge in [0.15, 0.2) is 0 Å². The number of aldehydes is 1. The molecule has 0 spiro atoms. The Labute approximate surface area is 82.6 Å². The molecular weight excluding hydrogens is 180 g/mol. The molecule has 1 N–H and O–H groups in total. The van der Waals surface area contributed by atoms with Crippen molar-refractivity contribution in [1.82, 2.24) is 0 Å². The zero-order valence-corrected chi connectivity index (χ0v) is 7.93. The lowest BCUT2D eigenvalue weighted by Gasteiger charge is -2.06. The van der Waals surface area contributed by atoms with Crippen molar-refractivity contribution in [3.63, 3.8) is 0 Å². The molecular formula is C11H12O3. The van der Waals surface area contributed by atoms with E-state index in [1.165, 1.54) is 6.08 Å². The van der Waals surface area contributed by atoms with Gasteiger partial charge in [0.25, 0.3) is 0 Å². The lowest BCUT2D eigenvalue weighted by atomic mass is 10.1. The lowest BCUT2D eigenvalue weighted by molar-refractivity contribution is -0.104. The molecule has 14 heavy (non-hydrogen) atoms. The number of rotatable bonds is 4. The van der Waals surface area contributed by atoms with E-state index in [4.69, 9.17) is 9.84 Å². The van der Waals surface area contributed by atoms with E-state index >= 15 is 0 Å². The second-order valence-corrected chi connectivity index (χ2v) is 2.72. The number of aliphatic hydroxyl groups is 1. The number of hydrogen-bond donors (Lipinski definition) is 1. The van der Waals surface area contributed by atoms with Gasteiger partial charge in [-0.3, -0.25) is 4.79 Å². The van der Waals surface area contributed by atoms with Gasteiger partial charge in [0.2, 0.25) is 0 Å². The van der Waals surface area contributed by atoms with E-state index in [0.29, 0.717) is 12.0 Å². The Kier molecular flexibility index (Phi) is 3.88. The average Bonchev–Trinajstić information content (AvgIpc) is 2.25. The smallest absolute Gasteiger partial charge is 0.142 e. The molecule has 0 radical (unpaired) electrons. The molecule has 74 valence electrons. The second-order valence-electron chi connectivity index (χ2n) is 2.72. The molecule has 3 heteroatoms. The van der Waals surface area contributed by atoms with Crippen LogP contribution in [-0.2, 0) is 11.4 Å². The van der Waals surface area contributed by atoms with Crippen molar-refractivity contribution in [3.8, 4) is 5.75 Å². The molecule has 0 amide bonds. The Morgan fingerprint density at radius 2 is 2.29 bits per heavy atom. The SMILES string of the molecule is COc1cc(C=CC=O)ccc1CO. The fourth-order valence-electron chi connectivity index (χ4n) is 1.15.